The molecule has 0 bridgehead atoms. The standard InChI is InChI=1S/C16H22N6O/c1-11-16(4-2-7-22(16)13(23)9-17)5-8-21(11)15-12-3-6-18-14(12)19-10-20-15/h3,6,10-11H,2,4-5,7-9,17H2,1H3,(H,18,19,20). The van der Waals surface area contributed by atoms with Gasteiger partial charge in [0.05, 0.1) is 23.5 Å². The molecule has 1 spiro atoms. The van der Waals surface area contributed by atoms with E-state index in [4.69, 9.17) is 5.73 Å². The van der Waals surface area contributed by atoms with Crippen LogP contribution in [-0.2, 0) is 4.79 Å². The van der Waals surface area contributed by atoms with E-state index in [0.717, 1.165) is 49.2 Å². The molecule has 2 atom stereocenters. The van der Waals surface area contributed by atoms with Crippen molar-refractivity contribution in [2.75, 3.05) is 24.5 Å². The number of carbonyl (C=O) groups is 1. The van der Waals surface area contributed by atoms with Crippen LogP contribution >= 0.6 is 0 Å². The molecular formula is C16H22N6O. The molecule has 2 aliphatic rings. The van der Waals surface area contributed by atoms with Gasteiger partial charge in [-0.15, -0.1) is 0 Å². The van der Waals surface area contributed by atoms with Crippen LogP contribution in [0.15, 0.2) is 18.6 Å². The van der Waals surface area contributed by atoms with Crippen LogP contribution < -0.4 is 10.6 Å². The molecule has 2 aromatic heterocycles. The monoisotopic (exact) mass is 314 g/mol. The van der Waals surface area contributed by atoms with Crippen molar-refractivity contribution in [3.63, 3.8) is 0 Å². The summed E-state index contributed by atoms with van der Waals surface area (Å²) in [6.45, 7) is 4.00. The molecule has 122 valence electrons. The topological polar surface area (TPSA) is 91.1 Å². The number of nitrogens with zero attached hydrogens (tertiary/aromatic N) is 4. The number of rotatable bonds is 2. The highest BCUT2D eigenvalue weighted by Crippen LogP contribution is 2.44. The summed E-state index contributed by atoms with van der Waals surface area (Å²) in [7, 11) is 0. The fourth-order valence-corrected chi connectivity index (χ4v) is 4.46. The molecule has 4 rings (SSSR count). The molecule has 0 radical (unpaired) electrons. The molecule has 2 fully saturated rings. The van der Waals surface area contributed by atoms with E-state index in [-0.39, 0.29) is 24.0 Å². The van der Waals surface area contributed by atoms with Crippen molar-refractivity contribution >= 4 is 22.8 Å². The van der Waals surface area contributed by atoms with Gasteiger partial charge in [0.15, 0.2) is 0 Å². The molecule has 7 nitrogen and oxygen atoms in total. The molecule has 2 unspecified atom stereocenters. The zero-order valence-corrected chi connectivity index (χ0v) is 13.3. The number of hydrogen-bond donors (Lipinski definition) is 2. The van der Waals surface area contributed by atoms with Crippen molar-refractivity contribution in [3.8, 4) is 0 Å². The van der Waals surface area contributed by atoms with Crippen LogP contribution in [0.5, 0.6) is 0 Å². The van der Waals surface area contributed by atoms with E-state index in [2.05, 4.69) is 26.8 Å². The van der Waals surface area contributed by atoms with Crippen molar-refractivity contribution in [3.05, 3.63) is 18.6 Å². The number of aromatic nitrogens is 3. The lowest BCUT2D eigenvalue weighted by atomic mass is 9.88. The third-order valence-corrected chi connectivity index (χ3v) is 5.64. The molecule has 0 aromatic carbocycles. The van der Waals surface area contributed by atoms with Gasteiger partial charge >= 0.3 is 0 Å². The Morgan fingerprint density at radius 1 is 1.43 bits per heavy atom. The number of likely N-dealkylation sites (tertiary alicyclic amines) is 1. The fraction of sp³-hybridized carbons (Fsp3) is 0.562. The van der Waals surface area contributed by atoms with E-state index in [9.17, 15) is 4.79 Å². The minimum absolute atomic E-state index is 0.0608. The Hall–Kier alpha value is -2.15. The van der Waals surface area contributed by atoms with Crippen molar-refractivity contribution in [1.29, 1.82) is 0 Å². The highest BCUT2D eigenvalue weighted by Gasteiger charge is 2.53. The van der Waals surface area contributed by atoms with Gasteiger partial charge in [-0.3, -0.25) is 4.79 Å². The number of aromatic amines is 1. The number of nitrogens with one attached hydrogen (secondary N) is 1. The van der Waals surface area contributed by atoms with Gasteiger partial charge in [-0.2, -0.15) is 0 Å². The zero-order chi connectivity index (χ0) is 16.0. The normalized spacial score (nSPS) is 27.5. The molecule has 4 heterocycles. The van der Waals surface area contributed by atoms with Crippen molar-refractivity contribution in [2.24, 2.45) is 5.73 Å². The first kappa shape index (κ1) is 14.4. The Kier molecular flexibility index (Phi) is 3.26. The van der Waals surface area contributed by atoms with Crippen LogP contribution in [0.4, 0.5) is 5.82 Å². The van der Waals surface area contributed by atoms with Crippen molar-refractivity contribution in [1.82, 2.24) is 19.9 Å². The molecular weight excluding hydrogens is 292 g/mol. The van der Waals surface area contributed by atoms with Gasteiger partial charge in [-0.05, 0) is 32.3 Å². The van der Waals surface area contributed by atoms with E-state index in [1.54, 1.807) is 6.33 Å². The molecule has 7 heteroatoms. The highest BCUT2D eigenvalue weighted by atomic mass is 16.2. The summed E-state index contributed by atoms with van der Waals surface area (Å²) in [6, 6.07) is 2.23. The van der Waals surface area contributed by atoms with Crippen molar-refractivity contribution in [2.45, 2.75) is 37.8 Å². The maximum absolute atomic E-state index is 12.3. The minimum atomic E-state index is -0.107. The number of hydrogen-bond acceptors (Lipinski definition) is 5. The molecule has 2 saturated heterocycles. The predicted molar refractivity (Wildman–Crippen MR) is 88.0 cm³/mol. The molecule has 2 aliphatic heterocycles. The van der Waals surface area contributed by atoms with Crippen LogP contribution in [0.1, 0.15) is 26.2 Å². The number of amides is 1. The Morgan fingerprint density at radius 3 is 3.13 bits per heavy atom. The van der Waals surface area contributed by atoms with Gasteiger partial charge in [0, 0.05) is 19.3 Å². The average Bonchev–Trinajstić information content (AvgIpc) is 3.28. The largest absolute Gasteiger partial charge is 0.351 e. The maximum Gasteiger partial charge on any atom is 0.236 e. The number of fused-ring (bicyclic) bond motifs is 1. The second kappa shape index (κ2) is 5.19. The van der Waals surface area contributed by atoms with E-state index < -0.39 is 0 Å². The van der Waals surface area contributed by atoms with Gasteiger partial charge in [0.2, 0.25) is 5.91 Å². The first-order valence-electron chi connectivity index (χ1n) is 8.22. The SMILES string of the molecule is CC1N(c2ncnc3[nH]ccc23)CCC12CCCN2C(=O)CN. The predicted octanol–water partition coefficient (Wildman–Crippen LogP) is 0.876. The molecule has 2 aromatic rings. The summed E-state index contributed by atoms with van der Waals surface area (Å²) in [5.41, 5.74) is 6.37. The summed E-state index contributed by atoms with van der Waals surface area (Å²) < 4.78 is 0. The minimum Gasteiger partial charge on any atom is -0.351 e. The van der Waals surface area contributed by atoms with Gasteiger partial charge in [0.1, 0.15) is 17.8 Å². The Morgan fingerprint density at radius 2 is 2.30 bits per heavy atom. The van der Waals surface area contributed by atoms with Crippen LogP contribution in [0.3, 0.4) is 0 Å². The molecule has 0 aliphatic carbocycles. The summed E-state index contributed by atoms with van der Waals surface area (Å²) in [5.74, 6) is 1.01. The average molecular weight is 314 g/mol. The van der Waals surface area contributed by atoms with Crippen LogP contribution in [0.2, 0.25) is 0 Å². The third kappa shape index (κ3) is 1.96. The number of anilines is 1. The van der Waals surface area contributed by atoms with Crippen LogP contribution in [0.25, 0.3) is 11.0 Å². The molecule has 0 saturated carbocycles. The summed E-state index contributed by atoms with van der Waals surface area (Å²) in [4.78, 5) is 28.6. The number of carbonyl (C=O) groups excluding carboxylic acids is 1. The molecule has 23 heavy (non-hydrogen) atoms. The Bertz CT molecular complexity index is 743. The lowest BCUT2D eigenvalue weighted by molar-refractivity contribution is -0.133. The highest BCUT2D eigenvalue weighted by molar-refractivity contribution is 5.88. The fourth-order valence-electron chi connectivity index (χ4n) is 4.46. The van der Waals surface area contributed by atoms with Gasteiger partial charge in [-0.25, -0.2) is 9.97 Å². The lowest BCUT2D eigenvalue weighted by Crippen LogP contribution is -2.55. The van der Waals surface area contributed by atoms with E-state index >= 15 is 0 Å². The van der Waals surface area contributed by atoms with Crippen LogP contribution in [0, 0.1) is 0 Å². The Balaban J connectivity index is 1.71. The lowest BCUT2D eigenvalue weighted by Gasteiger charge is -2.40. The van der Waals surface area contributed by atoms with E-state index in [0.29, 0.717) is 0 Å². The van der Waals surface area contributed by atoms with Gasteiger partial charge in [-0.1, -0.05) is 0 Å². The summed E-state index contributed by atoms with van der Waals surface area (Å²) >= 11 is 0. The number of H-pyrrole nitrogens is 1. The third-order valence-electron chi connectivity index (χ3n) is 5.64. The van der Waals surface area contributed by atoms with Gasteiger partial charge < -0.3 is 20.5 Å². The van der Waals surface area contributed by atoms with E-state index in [1.807, 2.05) is 17.2 Å². The maximum atomic E-state index is 12.3. The second-order valence-corrected chi connectivity index (χ2v) is 6.51. The van der Waals surface area contributed by atoms with Gasteiger partial charge in [0.25, 0.3) is 0 Å². The van der Waals surface area contributed by atoms with Crippen molar-refractivity contribution < 1.29 is 4.79 Å². The summed E-state index contributed by atoms with van der Waals surface area (Å²) in [5, 5.41) is 1.03. The number of nitrogens with two attached hydrogens (primary N) is 1. The zero-order valence-electron chi connectivity index (χ0n) is 13.3. The van der Waals surface area contributed by atoms with E-state index in [1.165, 1.54) is 0 Å². The molecule has 1 amide bonds. The second-order valence-electron chi connectivity index (χ2n) is 6.51. The first-order valence-corrected chi connectivity index (χ1v) is 8.22. The smallest absolute Gasteiger partial charge is 0.236 e. The quantitative estimate of drug-likeness (QED) is 0.858. The first-order chi connectivity index (χ1) is 11.2. The molecule has 3 N–H and O–H groups in total. The summed E-state index contributed by atoms with van der Waals surface area (Å²) in [6.07, 6.45) is 6.55. The van der Waals surface area contributed by atoms with Crippen LogP contribution in [-0.4, -0.2) is 57.0 Å². The Labute approximate surface area is 134 Å².